The van der Waals surface area contributed by atoms with Gasteiger partial charge in [0.1, 0.15) is 0 Å². The summed E-state index contributed by atoms with van der Waals surface area (Å²) in [5, 5.41) is 0. The molecular weight excluding hydrogens is 228 g/mol. The zero-order chi connectivity index (χ0) is 11.3. The number of hydrogen-bond donors (Lipinski definition) is 0. The molecule has 1 aliphatic carbocycles. The second-order valence-electron chi connectivity index (χ2n) is 1.54. The molecule has 0 aromatic rings. The molecule has 5 heteroatoms. The maximum absolute atomic E-state index is 10.3. The van der Waals surface area contributed by atoms with Crippen LogP contribution in [0.4, 0.5) is 0 Å². The average molecular weight is 234 g/mol. The quantitative estimate of drug-likeness (QED) is 0.378. The number of allylic oxidation sites excluding steroid dienone is 4. The molecule has 0 saturated heterocycles. The molecule has 4 nitrogen and oxygen atoms in total. The molecule has 0 bridgehead atoms. The minimum Gasteiger partial charge on any atom is 0 e. The van der Waals surface area contributed by atoms with Gasteiger partial charge in [0.15, 0.2) is 5.78 Å². The van der Waals surface area contributed by atoms with E-state index in [1.54, 1.807) is 6.92 Å². The van der Waals surface area contributed by atoms with Crippen molar-refractivity contribution in [2.45, 2.75) is 6.92 Å². The van der Waals surface area contributed by atoms with Gasteiger partial charge in [-0.05, 0) is 6.92 Å². The third-order valence-corrected chi connectivity index (χ3v) is 0.958. The number of ketones is 1. The van der Waals surface area contributed by atoms with Gasteiger partial charge in [0, 0.05) is 22.6 Å². The van der Waals surface area contributed by atoms with E-state index >= 15 is 0 Å². The Morgan fingerprint density at radius 1 is 1.14 bits per heavy atom. The van der Waals surface area contributed by atoms with Crippen molar-refractivity contribution in [2.24, 2.45) is 0 Å². The summed E-state index contributed by atoms with van der Waals surface area (Å²) in [5.41, 5.74) is 0.833. The van der Waals surface area contributed by atoms with Crippen LogP contribution in [0.25, 0.3) is 0 Å². The van der Waals surface area contributed by atoms with Gasteiger partial charge in [0.25, 0.3) is 0 Å². The molecule has 0 aliphatic heterocycles. The summed E-state index contributed by atoms with van der Waals surface area (Å²) in [7, 11) is 0. The summed E-state index contributed by atoms with van der Waals surface area (Å²) in [6.45, 7) is 15.1. The SMILES string of the molecule is CC(=O)C1=CC=C1.[C-]#[O+].[C-]#[O+].[C-]#[O+].[Fe]. The van der Waals surface area contributed by atoms with Crippen molar-refractivity contribution in [3.8, 4) is 0 Å². The van der Waals surface area contributed by atoms with Crippen molar-refractivity contribution >= 4 is 5.78 Å². The van der Waals surface area contributed by atoms with E-state index in [2.05, 4.69) is 20.0 Å². The first-order chi connectivity index (χ1) is 6.30. The Morgan fingerprint density at radius 3 is 1.43 bits per heavy atom. The second kappa shape index (κ2) is 22.7. The fraction of sp³-hybridized carbons (Fsp3) is 0.111. The molecule has 0 spiro atoms. The Morgan fingerprint density at radius 2 is 1.43 bits per heavy atom. The summed E-state index contributed by atoms with van der Waals surface area (Å²) < 4.78 is 22.5. The molecule has 0 heterocycles. The average Bonchev–Trinajstić information content (AvgIpc) is 2.11. The van der Waals surface area contributed by atoms with Crippen LogP contribution in [0.5, 0.6) is 0 Å². The van der Waals surface area contributed by atoms with Gasteiger partial charge in [0.2, 0.25) is 0 Å². The van der Waals surface area contributed by atoms with E-state index in [1.807, 2.05) is 18.2 Å². The van der Waals surface area contributed by atoms with E-state index in [9.17, 15) is 4.79 Å². The Labute approximate surface area is 92.7 Å². The first-order valence-electron chi connectivity index (χ1n) is 2.81. The third-order valence-electron chi connectivity index (χ3n) is 0.958. The molecule has 1 aliphatic rings. The molecule has 0 fully saturated rings. The topological polar surface area (TPSA) is 76.8 Å². The summed E-state index contributed by atoms with van der Waals surface area (Å²) >= 11 is 0. The molecule has 14 heavy (non-hydrogen) atoms. The zero-order valence-corrected chi connectivity index (χ0v) is 8.32. The Balaban J connectivity index is -0.0000000625. The first kappa shape index (κ1) is 23.1. The molecule has 0 amide bonds. The first-order valence-corrected chi connectivity index (χ1v) is 2.81. The Kier molecular flexibility index (Phi) is 37.3. The van der Waals surface area contributed by atoms with Crippen molar-refractivity contribution in [2.75, 3.05) is 0 Å². The third kappa shape index (κ3) is 13.5. The van der Waals surface area contributed by atoms with Crippen LogP contribution in [-0.4, -0.2) is 5.78 Å². The molecule has 0 N–H and O–H groups in total. The maximum atomic E-state index is 10.3. The standard InChI is InChI=1S/C6H6O.3CO.Fe/c1-5(7)6-3-2-4-6;3*1-2;/h2-4H,1H3;;;;. The summed E-state index contributed by atoms with van der Waals surface area (Å²) in [4.78, 5) is 10.3. The summed E-state index contributed by atoms with van der Waals surface area (Å²) in [5.74, 6) is 0.155. The normalized spacial score (nSPS) is 8.07. The van der Waals surface area contributed by atoms with Crippen molar-refractivity contribution < 1.29 is 35.8 Å². The number of carbonyl (C=O) groups excluding carboxylic acids is 1. The van der Waals surface area contributed by atoms with Crippen LogP contribution in [-0.2, 0) is 35.8 Å². The van der Waals surface area contributed by atoms with Crippen LogP contribution in [0.2, 0.25) is 0 Å². The Hall–Kier alpha value is -1.11. The van der Waals surface area contributed by atoms with Gasteiger partial charge in [-0.15, -0.1) is 0 Å². The second-order valence-corrected chi connectivity index (χ2v) is 1.54. The van der Waals surface area contributed by atoms with Crippen LogP contribution in [0, 0.1) is 20.0 Å². The molecule has 0 unspecified atom stereocenters. The van der Waals surface area contributed by atoms with E-state index in [-0.39, 0.29) is 22.9 Å². The van der Waals surface area contributed by atoms with Gasteiger partial charge in [-0.3, -0.25) is 4.79 Å². The minimum atomic E-state index is 0. The largest absolute Gasteiger partial charge is 0 e. The molecule has 0 aromatic carbocycles. The fourth-order valence-electron chi connectivity index (χ4n) is 0.427. The van der Waals surface area contributed by atoms with E-state index in [0.29, 0.717) is 0 Å². The molecule has 0 saturated carbocycles. The van der Waals surface area contributed by atoms with Crippen LogP contribution < -0.4 is 0 Å². The van der Waals surface area contributed by atoms with Crippen LogP contribution >= 0.6 is 0 Å². The number of hydrogen-bond acceptors (Lipinski definition) is 1. The van der Waals surface area contributed by atoms with Gasteiger partial charge in [-0.2, -0.15) is 0 Å². The minimum absolute atomic E-state index is 0. The predicted octanol–water partition coefficient (Wildman–Crippen LogP) is 0.957. The summed E-state index contributed by atoms with van der Waals surface area (Å²) in [6, 6.07) is 0. The smallest absolute Gasteiger partial charge is 0 e. The van der Waals surface area contributed by atoms with E-state index < -0.39 is 0 Å². The number of Topliss-reactive ketones (excluding diaryl/α,β-unsaturated/α-hetero) is 1. The predicted molar refractivity (Wildman–Crippen MR) is 39.7 cm³/mol. The van der Waals surface area contributed by atoms with Gasteiger partial charge >= 0.3 is 33.9 Å². The number of carbonyl (C=O) groups is 1. The zero-order valence-electron chi connectivity index (χ0n) is 7.22. The van der Waals surface area contributed by atoms with Gasteiger partial charge in [-0.25, -0.2) is 0 Å². The van der Waals surface area contributed by atoms with Crippen LogP contribution in [0.3, 0.4) is 0 Å². The van der Waals surface area contributed by atoms with Crippen molar-refractivity contribution in [3.63, 3.8) is 0 Å². The number of rotatable bonds is 1. The van der Waals surface area contributed by atoms with Crippen molar-refractivity contribution in [3.05, 3.63) is 43.8 Å². The van der Waals surface area contributed by atoms with Crippen molar-refractivity contribution in [1.29, 1.82) is 0 Å². The molecule has 0 radical (unpaired) electrons. The Bertz CT molecular complexity index is 243. The molecular formula is C9H6FeO4. The van der Waals surface area contributed by atoms with Gasteiger partial charge in [-0.1, -0.05) is 18.2 Å². The van der Waals surface area contributed by atoms with Gasteiger partial charge in [0.05, 0.1) is 0 Å². The van der Waals surface area contributed by atoms with E-state index in [0.717, 1.165) is 5.57 Å². The monoisotopic (exact) mass is 234 g/mol. The maximum Gasteiger partial charge on any atom is 0 e. The van der Waals surface area contributed by atoms with Crippen LogP contribution in [0.15, 0.2) is 23.8 Å². The molecule has 74 valence electrons. The van der Waals surface area contributed by atoms with Crippen molar-refractivity contribution in [1.82, 2.24) is 0 Å². The molecule has 0 atom stereocenters. The van der Waals surface area contributed by atoms with Crippen LogP contribution in [0.1, 0.15) is 6.92 Å². The molecule has 0 aromatic heterocycles. The van der Waals surface area contributed by atoms with E-state index in [1.165, 1.54) is 0 Å². The van der Waals surface area contributed by atoms with Gasteiger partial charge < -0.3 is 0 Å². The fourth-order valence-corrected chi connectivity index (χ4v) is 0.427. The molecule has 1 rings (SSSR count). The van der Waals surface area contributed by atoms with E-state index in [4.69, 9.17) is 14.0 Å². The summed E-state index contributed by atoms with van der Waals surface area (Å²) in [6.07, 6.45) is 5.47.